The van der Waals surface area contributed by atoms with E-state index < -0.39 is 5.97 Å². The molecule has 0 fully saturated rings. The molecule has 0 amide bonds. The Hall–Kier alpha value is -2.29. The minimum absolute atomic E-state index is 0.202. The van der Waals surface area contributed by atoms with Crippen molar-refractivity contribution in [3.8, 4) is 5.75 Å². The van der Waals surface area contributed by atoms with Gasteiger partial charge in [0.05, 0.1) is 0 Å². The summed E-state index contributed by atoms with van der Waals surface area (Å²) in [6.45, 7) is 5.35. The number of ether oxygens (including phenoxy) is 1. The van der Waals surface area contributed by atoms with Crippen LogP contribution in [0.4, 0.5) is 0 Å². The summed E-state index contributed by atoms with van der Waals surface area (Å²) in [5, 5.41) is 11.3. The number of esters is 1. The summed E-state index contributed by atoms with van der Waals surface area (Å²) in [5.41, 5.74) is 1.29. The average molecular weight is 242 g/mol. The maximum Gasteiger partial charge on any atom is 0.333 e. The minimum Gasteiger partial charge on any atom is -0.508 e. The number of phenols is 1. The fraction of sp³-hybridized carbons (Fsp3) is 0.133. The summed E-state index contributed by atoms with van der Waals surface area (Å²) >= 11 is 0. The quantitative estimate of drug-likeness (QED) is 0.664. The molecule has 2 rings (SSSR count). The molecular formula is C15H14O3. The van der Waals surface area contributed by atoms with Gasteiger partial charge >= 0.3 is 5.97 Å². The van der Waals surface area contributed by atoms with E-state index in [9.17, 15) is 9.90 Å². The first-order valence-electron chi connectivity index (χ1n) is 5.61. The maximum atomic E-state index is 11.3. The predicted octanol–water partition coefficient (Wildman–Crippen LogP) is 3.16. The molecule has 0 saturated carbocycles. The van der Waals surface area contributed by atoms with Crippen LogP contribution in [0.3, 0.4) is 0 Å². The molecule has 0 radical (unpaired) electrons. The zero-order valence-corrected chi connectivity index (χ0v) is 10.1. The average Bonchev–Trinajstić information content (AvgIpc) is 2.35. The highest BCUT2D eigenvalue weighted by Gasteiger charge is 2.06. The third kappa shape index (κ3) is 2.51. The molecule has 0 atom stereocenters. The van der Waals surface area contributed by atoms with Crippen molar-refractivity contribution in [2.24, 2.45) is 0 Å². The van der Waals surface area contributed by atoms with Gasteiger partial charge in [0, 0.05) is 5.57 Å². The predicted molar refractivity (Wildman–Crippen MR) is 70.2 cm³/mol. The lowest BCUT2D eigenvalue weighted by Gasteiger charge is -2.08. The van der Waals surface area contributed by atoms with Gasteiger partial charge in [0.15, 0.2) is 0 Å². The van der Waals surface area contributed by atoms with Crippen molar-refractivity contribution in [1.82, 2.24) is 0 Å². The summed E-state index contributed by atoms with van der Waals surface area (Å²) < 4.78 is 5.13. The molecule has 0 aliphatic heterocycles. The number of aromatic hydroxyl groups is 1. The molecule has 0 heterocycles. The van der Waals surface area contributed by atoms with Crippen LogP contribution >= 0.6 is 0 Å². The van der Waals surface area contributed by atoms with Crippen LogP contribution in [0.1, 0.15) is 12.5 Å². The van der Waals surface area contributed by atoms with Crippen LogP contribution in [0.5, 0.6) is 5.75 Å². The summed E-state index contributed by atoms with van der Waals surface area (Å²) in [6.07, 6.45) is 0. The van der Waals surface area contributed by atoms with Crippen molar-refractivity contribution in [1.29, 1.82) is 0 Å². The molecule has 0 bridgehead atoms. The molecule has 0 unspecified atom stereocenters. The van der Waals surface area contributed by atoms with Gasteiger partial charge in [-0.3, -0.25) is 0 Å². The van der Waals surface area contributed by atoms with E-state index in [-0.39, 0.29) is 12.4 Å². The Morgan fingerprint density at radius 3 is 2.83 bits per heavy atom. The van der Waals surface area contributed by atoms with Gasteiger partial charge in [-0.1, -0.05) is 30.8 Å². The van der Waals surface area contributed by atoms with Crippen molar-refractivity contribution >= 4 is 16.7 Å². The molecule has 0 aromatic heterocycles. The van der Waals surface area contributed by atoms with Gasteiger partial charge in [0.2, 0.25) is 0 Å². The molecule has 2 aromatic rings. The Bertz CT molecular complexity index is 614. The number of phenolic OH excluding ortho intramolecular Hbond substituents is 1. The molecule has 0 aliphatic carbocycles. The summed E-state index contributed by atoms with van der Waals surface area (Å²) in [7, 11) is 0. The summed E-state index contributed by atoms with van der Waals surface area (Å²) in [6, 6.07) is 10.8. The van der Waals surface area contributed by atoms with Gasteiger partial charge in [0.1, 0.15) is 12.4 Å². The van der Waals surface area contributed by atoms with Crippen LogP contribution in [-0.2, 0) is 16.1 Å². The lowest BCUT2D eigenvalue weighted by Crippen LogP contribution is -2.05. The number of hydrogen-bond acceptors (Lipinski definition) is 3. The third-order valence-electron chi connectivity index (χ3n) is 2.66. The molecule has 3 nitrogen and oxygen atoms in total. The summed E-state index contributed by atoms with van der Waals surface area (Å²) in [5.74, 6) is -0.177. The second-order valence-electron chi connectivity index (χ2n) is 4.18. The molecule has 0 saturated heterocycles. The van der Waals surface area contributed by atoms with E-state index in [1.54, 1.807) is 19.1 Å². The van der Waals surface area contributed by atoms with E-state index in [1.807, 2.05) is 24.3 Å². The molecular weight excluding hydrogens is 228 g/mol. The van der Waals surface area contributed by atoms with Crippen LogP contribution in [0.25, 0.3) is 10.8 Å². The summed E-state index contributed by atoms with van der Waals surface area (Å²) in [4.78, 5) is 11.3. The molecule has 92 valence electrons. The molecule has 0 spiro atoms. The highest BCUT2D eigenvalue weighted by atomic mass is 16.5. The first-order chi connectivity index (χ1) is 8.58. The van der Waals surface area contributed by atoms with Crippen LogP contribution < -0.4 is 0 Å². The van der Waals surface area contributed by atoms with E-state index in [2.05, 4.69) is 6.58 Å². The Kier molecular flexibility index (Phi) is 3.33. The fourth-order valence-electron chi connectivity index (χ4n) is 1.73. The fourth-order valence-corrected chi connectivity index (χ4v) is 1.73. The Morgan fingerprint density at radius 2 is 2.11 bits per heavy atom. The first kappa shape index (κ1) is 12.2. The van der Waals surface area contributed by atoms with Gasteiger partial charge in [-0.25, -0.2) is 4.79 Å². The van der Waals surface area contributed by atoms with Crippen LogP contribution in [0.2, 0.25) is 0 Å². The second-order valence-corrected chi connectivity index (χ2v) is 4.18. The zero-order valence-electron chi connectivity index (χ0n) is 10.1. The van der Waals surface area contributed by atoms with Gasteiger partial charge in [-0.2, -0.15) is 0 Å². The largest absolute Gasteiger partial charge is 0.508 e. The van der Waals surface area contributed by atoms with E-state index in [1.165, 1.54) is 0 Å². The van der Waals surface area contributed by atoms with Crippen molar-refractivity contribution < 1.29 is 14.6 Å². The normalized spacial score (nSPS) is 10.3. The van der Waals surface area contributed by atoms with Crippen molar-refractivity contribution in [3.05, 3.63) is 54.1 Å². The molecule has 1 N–H and O–H groups in total. The number of hydrogen-bond donors (Lipinski definition) is 1. The molecule has 2 aromatic carbocycles. The van der Waals surface area contributed by atoms with Crippen molar-refractivity contribution in [2.45, 2.75) is 13.5 Å². The number of benzene rings is 2. The second kappa shape index (κ2) is 4.92. The minimum atomic E-state index is -0.397. The van der Waals surface area contributed by atoms with Crippen LogP contribution in [0, 0.1) is 0 Å². The smallest absolute Gasteiger partial charge is 0.333 e. The number of carbonyl (C=O) groups excluding carboxylic acids is 1. The van der Waals surface area contributed by atoms with Crippen LogP contribution in [-0.4, -0.2) is 11.1 Å². The van der Waals surface area contributed by atoms with E-state index >= 15 is 0 Å². The maximum absolute atomic E-state index is 11.3. The standard InChI is InChI=1S/C15H14O3/c1-10(2)15(17)18-9-12-5-3-4-11-8-13(16)6-7-14(11)12/h3-8,16H,1,9H2,2H3. The van der Waals surface area contributed by atoms with Gasteiger partial charge in [0.25, 0.3) is 0 Å². The SMILES string of the molecule is C=C(C)C(=O)OCc1cccc2cc(O)ccc12. The highest BCUT2D eigenvalue weighted by Crippen LogP contribution is 2.23. The van der Waals surface area contributed by atoms with Crippen molar-refractivity contribution in [3.63, 3.8) is 0 Å². The monoisotopic (exact) mass is 242 g/mol. The molecule has 3 heteroatoms. The molecule has 18 heavy (non-hydrogen) atoms. The zero-order chi connectivity index (χ0) is 13.1. The number of rotatable bonds is 3. The first-order valence-corrected chi connectivity index (χ1v) is 5.61. The lowest BCUT2D eigenvalue weighted by molar-refractivity contribution is -0.140. The van der Waals surface area contributed by atoms with E-state index in [0.717, 1.165) is 16.3 Å². The third-order valence-corrected chi connectivity index (χ3v) is 2.66. The lowest BCUT2D eigenvalue weighted by atomic mass is 10.0. The number of fused-ring (bicyclic) bond motifs is 1. The van der Waals surface area contributed by atoms with Gasteiger partial charge in [-0.05, 0) is 35.4 Å². The molecule has 0 aliphatic rings. The topological polar surface area (TPSA) is 46.5 Å². The van der Waals surface area contributed by atoms with Crippen LogP contribution in [0.15, 0.2) is 48.6 Å². The van der Waals surface area contributed by atoms with E-state index in [4.69, 9.17) is 4.74 Å². The Labute approximate surface area is 105 Å². The Balaban J connectivity index is 2.28. The van der Waals surface area contributed by atoms with Crippen molar-refractivity contribution in [2.75, 3.05) is 0 Å². The van der Waals surface area contributed by atoms with Gasteiger partial charge < -0.3 is 9.84 Å². The van der Waals surface area contributed by atoms with Gasteiger partial charge in [-0.15, -0.1) is 0 Å². The Morgan fingerprint density at radius 1 is 1.33 bits per heavy atom. The highest BCUT2D eigenvalue weighted by molar-refractivity contribution is 5.88. The van der Waals surface area contributed by atoms with E-state index in [0.29, 0.717) is 5.57 Å². The number of carbonyl (C=O) groups is 1.